The van der Waals surface area contributed by atoms with E-state index in [0.29, 0.717) is 29.7 Å². The number of halogens is 4. The van der Waals surface area contributed by atoms with Gasteiger partial charge < -0.3 is 10.2 Å². The Labute approximate surface area is 169 Å². The summed E-state index contributed by atoms with van der Waals surface area (Å²) in [4.78, 5) is 11.6. The van der Waals surface area contributed by atoms with Gasteiger partial charge in [0, 0.05) is 17.8 Å². The predicted octanol–water partition coefficient (Wildman–Crippen LogP) is 5.73. The zero-order chi connectivity index (χ0) is 21.2. The number of nitrogen functional groups attached to an aromatic ring is 1. The van der Waals surface area contributed by atoms with E-state index in [1.807, 2.05) is 13.8 Å². The Morgan fingerprint density at radius 2 is 2.03 bits per heavy atom. The summed E-state index contributed by atoms with van der Waals surface area (Å²) in [6, 6.07) is 4.32. The molecule has 1 saturated heterocycles. The second-order valence-electron chi connectivity index (χ2n) is 6.54. The van der Waals surface area contributed by atoms with Crippen molar-refractivity contribution in [3.63, 3.8) is 0 Å². The smallest absolute Gasteiger partial charge is 0.295 e. The zero-order valence-corrected chi connectivity index (χ0v) is 16.9. The van der Waals surface area contributed by atoms with Gasteiger partial charge in [-0.1, -0.05) is 13.8 Å². The number of hydrogen-bond donors (Lipinski definition) is 1. The summed E-state index contributed by atoms with van der Waals surface area (Å²) in [6.45, 7) is 4.72. The number of nitrogens with two attached hydrogens (primary N) is 1. The zero-order valence-electron chi connectivity index (χ0n) is 16.1. The SMILES string of the molecule is CC.Nc1nc(-c2ccc(C(F)F)o2)nc2sc(CN3CCCC(F)(F)C3)cc12. The number of anilines is 1. The van der Waals surface area contributed by atoms with E-state index < -0.39 is 18.1 Å². The molecule has 0 amide bonds. The summed E-state index contributed by atoms with van der Waals surface area (Å²) < 4.78 is 57.6. The van der Waals surface area contributed by atoms with Crippen LogP contribution in [0.15, 0.2) is 22.6 Å². The van der Waals surface area contributed by atoms with Gasteiger partial charge in [-0.3, -0.25) is 4.90 Å². The van der Waals surface area contributed by atoms with Crippen LogP contribution >= 0.6 is 11.3 Å². The Morgan fingerprint density at radius 1 is 1.28 bits per heavy atom. The van der Waals surface area contributed by atoms with Crippen LogP contribution in [0.3, 0.4) is 0 Å². The lowest BCUT2D eigenvalue weighted by Gasteiger charge is -2.31. The van der Waals surface area contributed by atoms with Crippen LogP contribution in [0.4, 0.5) is 23.4 Å². The number of furan rings is 1. The van der Waals surface area contributed by atoms with Crippen molar-refractivity contribution in [3.05, 3.63) is 28.8 Å². The maximum absolute atomic E-state index is 13.6. The molecular formula is C19H22F4N4OS. The van der Waals surface area contributed by atoms with Crippen molar-refractivity contribution in [1.82, 2.24) is 14.9 Å². The van der Waals surface area contributed by atoms with Crippen molar-refractivity contribution < 1.29 is 22.0 Å². The average Bonchev–Trinajstić information content (AvgIpc) is 3.29. The Bertz CT molecular complexity index is 972. The number of piperidine rings is 1. The fourth-order valence-corrected chi connectivity index (χ4v) is 4.25. The molecule has 10 heteroatoms. The summed E-state index contributed by atoms with van der Waals surface area (Å²) in [7, 11) is 0. The van der Waals surface area contributed by atoms with Gasteiger partial charge in [-0.15, -0.1) is 11.3 Å². The molecule has 1 aliphatic rings. The van der Waals surface area contributed by atoms with E-state index in [1.54, 1.807) is 11.0 Å². The van der Waals surface area contributed by atoms with E-state index in [1.165, 1.54) is 23.5 Å². The average molecular weight is 430 g/mol. The van der Waals surface area contributed by atoms with Gasteiger partial charge in [0.2, 0.25) is 0 Å². The summed E-state index contributed by atoms with van der Waals surface area (Å²) in [5, 5.41) is 0.614. The lowest BCUT2D eigenvalue weighted by molar-refractivity contribution is -0.0658. The molecule has 0 atom stereocenters. The summed E-state index contributed by atoms with van der Waals surface area (Å²) >= 11 is 1.32. The fraction of sp³-hybridized carbons (Fsp3) is 0.474. The van der Waals surface area contributed by atoms with Crippen LogP contribution in [0.1, 0.15) is 43.8 Å². The van der Waals surface area contributed by atoms with Crippen molar-refractivity contribution >= 4 is 27.4 Å². The van der Waals surface area contributed by atoms with Crippen LogP contribution in [0.2, 0.25) is 0 Å². The van der Waals surface area contributed by atoms with Gasteiger partial charge in [-0.2, -0.15) is 0 Å². The van der Waals surface area contributed by atoms with Crippen molar-refractivity contribution in [1.29, 1.82) is 0 Å². The highest BCUT2D eigenvalue weighted by atomic mass is 32.1. The third-order valence-electron chi connectivity index (χ3n) is 4.39. The van der Waals surface area contributed by atoms with E-state index in [2.05, 4.69) is 9.97 Å². The molecule has 0 aromatic carbocycles. The Hall–Kier alpha value is -2.20. The fourth-order valence-electron chi connectivity index (χ4n) is 3.17. The monoisotopic (exact) mass is 430 g/mol. The molecule has 4 heterocycles. The van der Waals surface area contributed by atoms with Gasteiger partial charge >= 0.3 is 0 Å². The van der Waals surface area contributed by atoms with Gasteiger partial charge in [0.25, 0.3) is 12.3 Å². The Kier molecular flexibility index (Phi) is 6.42. The third-order valence-corrected chi connectivity index (χ3v) is 5.40. The first-order valence-corrected chi connectivity index (χ1v) is 10.2. The molecule has 0 spiro atoms. The molecule has 1 fully saturated rings. The molecule has 2 N–H and O–H groups in total. The molecule has 0 bridgehead atoms. The lowest BCUT2D eigenvalue weighted by atomic mass is 10.1. The normalized spacial score (nSPS) is 16.8. The molecule has 3 aromatic rings. The molecule has 0 saturated carbocycles. The van der Waals surface area contributed by atoms with Crippen molar-refractivity contribution in [2.45, 2.75) is 45.6 Å². The van der Waals surface area contributed by atoms with Crippen LogP contribution in [-0.2, 0) is 6.54 Å². The molecule has 0 radical (unpaired) electrons. The van der Waals surface area contributed by atoms with Crippen molar-refractivity contribution in [3.8, 4) is 11.6 Å². The molecular weight excluding hydrogens is 408 g/mol. The first-order chi connectivity index (χ1) is 13.8. The first kappa shape index (κ1) is 21.5. The van der Waals surface area contributed by atoms with Gasteiger partial charge in [0.1, 0.15) is 10.6 Å². The summed E-state index contributed by atoms with van der Waals surface area (Å²) in [6.07, 6.45) is -2.35. The van der Waals surface area contributed by atoms with E-state index in [9.17, 15) is 17.6 Å². The Balaban J connectivity index is 0.00000117. The Morgan fingerprint density at radius 3 is 2.69 bits per heavy atom. The maximum Gasteiger partial charge on any atom is 0.295 e. The maximum atomic E-state index is 13.6. The van der Waals surface area contributed by atoms with E-state index in [-0.39, 0.29) is 30.4 Å². The standard InChI is InChI=1S/C17H16F4N4OS.C2H6/c18-13(19)11-2-3-12(26-11)15-23-14(22)10-6-9(27-16(10)24-15)7-25-5-1-4-17(20,21)8-25;1-2/h2-3,6,13H,1,4-5,7-8H2,(H2,22,23,24);1-2H3. The lowest BCUT2D eigenvalue weighted by Crippen LogP contribution is -2.41. The minimum atomic E-state index is -2.73. The van der Waals surface area contributed by atoms with Crippen molar-refractivity contribution in [2.24, 2.45) is 0 Å². The number of fused-ring (bicyclic) bond motifs is 1. The summed E-state index contributed by atoms with van der Waals surface area (Å²) in [5.41, 5.74) is 5.98. The highest BCUT2D eigenvalue weighted by molar-refractivity contribution is 7.18. The predicted molar refractivity (Wildman–Crippen MR) is 105 cm³/mol. The third kappa shape index (κ3) is 4.87. The highest BCUT2D eigenvalue weighted by Crippen LogP contribution is 2.34. The van der Waals surface area contributed by atoms with Crippen LogP contribution < -0.4 is 5.73 Å². The number of aromatic nitrogens is 2. The van der Waals surface area contributed by atoms with Gasteiger partial charge in [-0.25, -0.2) is 27.5 Å². The number of alkyl halides is 4. The van der Waals surface area contributed by atoms with Gasteiger partial charge in [0.05, 0.1) is 11.9 Å². The quantitative estimate of drug-likeness (QED) is 0.536. The van der Waals surface area contributed by atoms with Gasteiger partial charge in [0.15, 0.2) is 17.3 Å². The van der Waals surface area contributed by atoms with Crippen LogP contribution in [-0.4, -0.2) is 33.9 Å². The molecule has 0 aliphatic carbocycles. The molecule has 1 aliphatic heterocycles. The molecule has 0 unspecified atom stereocenters. The number of hydrogen-bond acceptors (Lipinski definition) is 6. The van der Waals surface area contributed by atoms with E-state index in [4.69, 9.17) is 10.2 Å². The molecule has 5 nitrogen and oxygen atoms in total. The second-order valence-corrected chi connectivity index (χ2v) is 7.65. The number of likely N-dealkylation sites (tertiary alicyclic amines) is 1. The van der Waals surface area contributed by atoms with Crippen LogP contribution in [0, 0.1) is 0 Å². The van der Waals surface area contributed by atoms with E-state index >= 15 is 0 Å². The molecule has 29 heavy (non-hydrogen) atoms. The topological polar surface area (TPSA) is 68.2 Å². The van der Waals surface area contributed by atoms with E-state index in [0.717, 1.165) is 4.88 Å². The van der Waals surface area contributed by atoms with Crippen LogP contribution in [0.5, 0.6) is 0 Å². The van der Waals surface area contributed by atoms with Gasteiger partial charge in [-0.05, 0) is 31.2 Å². The highest BCUT2D eigenvalue weighted by Gasteiger charge is 2.35. The second kappa shape index (κ2) is 8.66. The summed E-state index contributed by atoms with van der Waals surface area (Å²) in [5.74, 6) is -2.72. The van der Waals surface area contributed by atoms with Crippen LogP contribution in [0.25, 0.3) is 21.8 Å². The van der Waals surface area contributed by atoms with Crippen molar-refractivity contribution in [2.75, 3.05) is 18.8 Å². The first-order valence-electron chi connectivity index (χ1n) is 9.35. The number of thiophene rings is 1. The minimum Gasteiger partial charge on any atom is -0.452 e. The molecule has 3 aromatic heterocycles. The largest absolute Gasteiger partial charge is 0.452 e. The number of rotatable bonds is 4. The molecule has 4 rings (SSSR count). The minimum absolute atomic E-state index is 0.0819. The molecule has 158 valence electrons. The number of nitrogens with zero attached hydrogens (tertiary/aromatic N) is 3.